The van der Waals surface area contributed by atoms with Gasteiger partial charge in [-0.2, -0.15) is 0 Å². The first kappa shape index (κ1) is 11.7. The lowest BCUT2D eigenvalue weighted by atomic mass is 10.1. The number of ether oxygens (including phenoxy) is 1. The predicted molar refractivity (Wildman–Crippen MR) is 66.0 cm³/mol. The molecule has 1 saturated heterocycles. The van der Waals surface area contributed by atoms with Crippen LogP contribution in [0.5, 0.6) is 0 Å². The van der Waals surface area contributed by atoms with Crippen LogP contribution in [0.25, 0.3) is 0 Å². The van der Waals surface area contributed by atoms with Crippen LogP contribution in [0, 0.1) is 0 Å². The molecule has 0 unspecified atom stereocenters. The van der Waals surface area contributed by atoms with Crippen LogP contribution in [0.15, 0.2) is 8.68 Å². The first-order chi connectivity index (χ1) is 7.38. The van der Waals surface area contributed by atoms with Crippen LogP contribution in [-0.4, -0.2) is 34.9 Å². The molecule has 84 valence electrons. The molecular formula is C9H14N2OS3. The maximum Gasteiger partial charge on any atom is 0.175 e. The fourth-order valence-electron chi connectivity index (χ4n) is 1.44. The van der Waals surface area contributed by atoms with E-state index in [9.17, 15) is 0 Å². The molecule has 1 aromatic rings. The van der Waals surface area contributed by atoms with Crippen LogP contribution in [0.4, 0.5) is 0 Å². The highest BCUT2D eigenvalue weighted by molar-refractivity contribution is 8.02. The molecule has 0 bridgehead atoms. The molecule has 1 aromatic heterocycles. The number of aromatic nitrogens is 2. The molecule has 1 fully saturated rings. The molecule has 15 heavy (non-hydrogen) atoms. The Hall–Kier alpha value is 0.220. The summed E-state index contributed by atoms with van der Waals surface area (Å²) in [5, 5.41) is 8.19. The third-order valence-corrected chi connectivity index (χ3v) is 5.39. The number of rotatable bonds is 4. The Labute approximate surface area is 102 Å². The van der Waals surface area contributed by atoms with Crippen LogP contribution in [-0.2, 0) is 4.74 Å². The molecule has 0 N–H and O–H groups in total. The number of hydrogen-bond acceptors (Lipinski definition) is 6. The van der Waals surface area contributed by atoms with Crippen LogP contribution in [0.3, 0.4) is 0 Å². The third-order valence-electron chi connectivity index (χ3n) is 2.23. The molecule has 0 saturated carbocycles. The fourth-order valence-corrected chi connectivity index (χ4v) is 3.97. The monoisotopic (exact) mass is 262 g/mol. The molecule has 0 spiro atoms. The van der Waals surface area contributed by atoms with Gasteiger partial charge >= 0.3 is 0 Å². The molecule has 2 heterocycles. The van der Waals surface area contributed by atoms with Gasteiger partial charge in [0.25, 0.3) is 0 Å². The zero-order chi connectivity index (χ0) is 10.5. The van der Waals surface area contributed by atoms with Crippen LogP contribution in [0.2, 0.25) is 0 Å². The van der Waals surface area contributed by atoms with Gasteiger partial charge < -0.3 is 4.74 Å². The number of thioether (sulfide) groups is 2. The summed E-state index contributed by atoms with van der Waals surface area (Å²) in [5.41, 5.74) is 0. The summed E-state index contributed by atoms with van der Waals surface area (Å²) in [5.74, 6) is 1.02. The summed E-state index contributed by atoms with van der Waals surface area (Å²) >= 11 is 5.09. The normalized spacial score (nSPS) is 21.8. The van der Waals surface area contributed by atoms with Crippen LogP contribution < -0.4 is 0 Å². The highest BCUT2D eigenvalue weighted by Crippen LogP contribution is 2.29. The molecule has 6 heteroatoms. The summed E-state index contributed by atoms with van der Waals surface area (Å²) in [4.78, 5) is 0. The Bertz CT molecular complexity index is 299. The lowest BCUT2D eigenvalue weighted by Crippen LogP contribution is -2.21. The van der Waals surface area contributed by atoms with E-state index in [1.54, 1.807) is 34.9 Å². The van der Waals surface area contributed by atoms with Crippen molar-refractivity contribution in [2.24, 2.45) is 0 Å². The number of hydrogen-bond donors (Lipinski definition) is 0. The van der Waals surface area contributed by atoms with Gasteiger partial charge in [0.05, 0.1) is 6.10 Å². The highest BCUT2D eigenvalue weighted by atomic mass is 32.2. The molecule has 3 nitrogen and oxygen atoms in total. The molecule has 1 aliphatic rings. The minimum absolute atomic E-state index is 0.422. The molecular weight excluding hydrogens is 248 g/mol. The second-order valence-electron chi connectivity index (χ2n) is 3.34. The molecule has 1 aliphatic heterocycles. The van der Waals surface area contributed by atoms with Crippen molar-refractivity contribution in [3.8, 4) is 0 Å². The Morgan fingerprint density at radius 3 is 2.93 bits per heavy atom. The molecule has 0 radical (unpaired) electrons. The third kappa shape index (κ3) is 3.62. The largest absolute Gasteiger partial charge is 0.377 e. The van der Waals surface area contributed by atoms with Gasteiger partial charge in [-0.15, -0.1) is 10.2 Å². The van der Waals surface area contributed by atoms with Crippen LogP contribution in [0.1, 0.15) is 19.3 Å². The van der Waals surface area contributed by atoms with Gasteiger partial charge in [0.2, 0.25) is 0 Å². The number of nitrogens with zero attached hydrogens (tertiary/aromatic N) is 2. The summed E-state index contributed by atoms with van der Waals surface area (Å²) in [6.07, 6.45) is 6.17. The maximum absolute atomic E-state index is 5.66. The molecule has 0 aromatic carbocycles. The van der Waals surface area contributed by atoms with E-state index < -0.39 is 0 Å². The zero-order valence-electron chi connectivity index (χ0n) is 8.64. The Morgan fingerprint density at radius 2 is 2.27 bits per heavy atom. The minimum Gasteiger partial charge on any atom is -0.377 e. The van der Waals surface area contributed by atoms with Gasteiger partial charge in [-0.05, 0) is 25.5 Å². The van der Waals surface area contributed by atoms with E-state index in [0.717, 1.165) is 21.0 Å². The van der Waals surface area contributed by atoms with E-state index in [1.165, 1.54) is 19.3 Å². The van der Waals surface area contributed by atoms with Crippen molar-refractivity contribution in [1.29, 1.82) is 0 Å². The highest BCUT2D eigenvalue weighted by Gasteiger charge is 2.15. The predicted octanol–water partition coefficient (Wildman–Crippen LogP) is 2.92. The van der Waals surface area contributed by atoms with E-state index in [-0.39, 0.29) is 0 Å². The minimum atomic E-state index is 0.422. The van der Waals surface area contributed by atoms with Crippen molar-refractivity contribution in [2.75, 3.05) is 18.6 Å². The maximum atomic E-state index is 5.66. The average molecular weight is 262 g/mol. The second-order valence-corrected chi connectivity index (χ2v) is 6.64. The molecule has 0 amide bonds. The smallest absolute Gasteiger partial charge is 0.175 e. The van der Waals surface area contributed by atoms with Gasteiger partial charge in [0.1, 0.15) is 0 Å². The van der Waals surface area contributed by atoms with Crippen LogP contribution >= 0.6 is 34.9 Å². The Kier molecular flexibility index (Phi) is 4.74. The van der Waals surface area contributed by atoms with Gasteiger partial charge in [0.15, 0.2) is 8.68 Å². The van der Waals surface area contributed by atoms with Crippen molar-refractivity contribution in [2.45, 2.75) is 34.0 Å². The molecule has 1 atom stereocenters. The van der Waals surface area contributed by atoms with Gasteiger partial charge in [-0.25, -0.2) is 0 Å². The molecule has 0 aliphatic carbocycles. The lowest BCUT2D eigenvalue weighted by molar-refractivity contribution is 0.0315. The van der Waals surface area contributed by atoms with Gasteiger partial charge in [-0.1, -0.05) is 34.9 Å². The zero-order valence-corrected chi connectivity index (χ0v) is 11.1. The first-order valence-corrected chi connectivity index (χ1v) is 8.03. The summed E-state index contributed by atoms with van der Waals surface area (Å²) in [6.45, 7) is 0.928. The average Bonchev–Trinajstić information content (AvgIpc) is 2.76. The van der Waals surface area contributed by atoms with Crippen molar-refractivity contribution < 1.29 is 4.74 Å². The van der Waals surface area contributed by atoms with Crippen molar-refractivity contribution in [3.63, 3.8) is 0 Å². The Balaban J connectivity index is 1.76. The molecule has 2 rings (SSSR count). The fraction of sp³-hybridized carbons (Fsp3) is 0.778. The van der Waals surface area contributed by atoms with Crippen molar-refractivity contribution in [3.05, 3.63) is 0 Å². The standard InChI is InChI=1S/C9H14N2OS3/c1-13-8-10-11-9(15-8)14-6-7-4-2-3-5-12-7/h7H,2-6H2,1H3/t7-/m0/s1. The first-order valence-electron chi connectivity index (χ1n) is 5.00. The Morgan fingerprint density at radius 1 is 1.40 bits per heavy atom. The van der Waals surface area contributed by atoms with E-state index >= 15 is 0 Å². The van der Waals surface area contributed by atoms with E-state index in [1.807, 2.05) is 6.26 Å². The van der Waals surface area contributed by atoms with Crippen molar-refractivity contribution in [1.82, 2.24) is 10.2 Å². The van der Waals surface area contributed by atoms with Crippen molar-refractivity contribution >= 4 is 34.9 Å². The second kappa shape index (κ2) is 6.08. The van der Waals surface area contributed by atoms with Gasteiger partial charge in [0, 0.05) is 12.4 Å². The summed E-state index contributed by atoms with van der Waals surface area (Å²) in [6, 6.07) is 0. The topological polar surface area (TPSA) is 35.0 Å². The summed E-state index contributed by atoms with van der Waals surface area (Å²) in [7, 11) is 0. The van der Waals surface area contributed by atoms with Gasteiger partial charge in [-0.3, -0.25) is 0 Å². The van der Waals surface area contributed by atoms with E-state index in [2.05, 4.69) is 10.2 Å². The quantitative estimate of drug-likeness (QED) is 0.780. The summed E-state index contributed by atoms with van der Waals surface area (Å²) < 4.78 is 7.77. The lowest BCUT2D eigenvalue weighted by Gasteiger charge is -2.21. The van der Waals surface area contributed by atoms with E-state index in [0.29, 0.717) is 6.10 Å². The van der Waals surface area contributed by atoms with E-state index in [4.69, 9.17) is 4.74 Å². The SMILES string of the molecule is CSc1nnc(SC[C@@H]2CCCCO2)s1.